The summed E-state index contributed by atoms with van der Waals surface area (Å²) in [4.78, 5) is 22.7. The molecular weight excluding hydrogens is 218 g/mol. The molecule has 0 aliphatic heterocycles. The van der Waals surface area contributed by atoms with Crippen LogP contribution in [0.1, 0.15) is 58.8 Å². The number of carboxylic acid groups (broad SMARTS) is 1. The van der Waals surface area contributed by atoms with Crippen molar-refractivity contribution in [3.63, 3.8) is 0 Å². The molecule has 1 amide bonds. The van der Waals surface area contributed by atoms with Gasteiger partial charge >= 0.3 is 5.97 Å². The zero-order chi connectivity index (χ0) is 12.9. The molecule has 1 aliphatic carbocycles. The van der Waals surface area contributed by atoms with Crippen LogP contribution in [0.15, 0.2) is 0 Å². The first kappa shape index (κ1) is 14.0. The van der Waals surface area contributed by atoms with E-state index in [0.29, 0.717) is 12.3 Å². The Morgan fingerprint density at radius 2 is 1.82 bits per heavy atom. The van der Waals surface area contributed by atoms with Gasteiger partial charge in [-0.3, -0.25) is 9.59 Å². The lowest BCUT2D eigenvalue weighted by molar-refractivity contribution is -0.139. The van der Waals surface area contributed by atoms with Gasteiger partial charge in [-0.2, -0.15) is 0 Å². The van der Waals surface area contributed by atoms with Crippen molar-refractivity contribution in [1.82, 2.24) is 5.32 Å². The van der Waals surface area contributed by atoms with E-state index in [-0.39, 0.29) is 12.3 Å². The minimum absolute atomic E-state index is 0.0110. The molecule has 0 radical (unpaired) electrons. The van der Waals surface area contributed by atoms with E-state index in [2.05, 4.69) is 5.32 Å². The van der Waals surface area contributed by atoms with E-state index < -0.39 is 11.5 Å². The number of hydrogen-bond donors (Lipinski definition) is 2. The van der Waals surface area contributed by atoms with Crippen molar-refractivity contribution < 1.29 is 14.7 Å². The van der Waals surface area contributed by atoms with Gasteiger partial charge in [0, 0.05) is 6.42 Å². The fraction of sp³-hybridized carbons (Fsp3) is 0.846. The predicted octanol–water partition coefficient (Wildman–Crippen LogP) is 2.33. The van der Waals surface area contributed by atoms with Crippen LogP contribution in [0.3, 0.4) is 0 Å². The van der Waals surface area contributed by atoms with Crippen LogP contribution in [0, 0.1) is 5.92 Å². The summed E-state index contributed by atoms with van der Waals surface area (Å²) in [5, 5.41) is 11.9. The van der Waals surface area contributed by atoms with Gasteiger partial charge in [-0.25, -0.2) is 0 Å². The van der Waals surface area contributed by atoms with E-state index in [1.54, 1.807) is 0 Å². The number of aliphatic carboxylic acids is 1. The summed E-state index contributed by atoms with van der Waals surface area (Å²) < 4.78 is 0. The molecule has 1 saturated carbocycles. The molecule has 0 aromatic carbocycles. The first-order valence-electron chi connectivity index (χ1n) is 6.46. The largest absolute Gasteiger partial charge is 0.481 e. The van der Waals surface area contributed by atoms with Crippen molar-refractivity contribution in [2.24, 2.45) is 5.92 Å². The first-order valence-corrected chi connectivity index (χ1v) is 6.46. The quantitative estimate of drug-likeness (QED) is 0.776. The van der Waals surface area contributed by atoms with Gasteiger partial charge in [-0.15, -0.1) is 0 Å². The molecule has 1 aliphatic rings. The molecule has 0 aromatic rings. The molecule has 4 heteroatoms. The third-order valence-corrected chi connectivity index (χ3v) is 3.30. The van der Waals surface area contributed by atoms with Gasteiger partial charge in [0.15, 0.2) is 0 Å². The van der Waals surface area contributed by atoms with Crippen LogP contribution >= 0.6 is 0 Å². The number of amides is 1. The van der Waals surface area contributed by atoms with Crippen LogP contribution in [0.5, 0.6) is 0 Å². The molecule has 0 spiro atoms. The minimum Gasteiger partial charge on any atom is -0.481 e. The summed E-state index contributed by atoms with van der Waals surface area (Å²) in [6.07, 6.45) is 5.27. The van der Waals surface area contributed by atoms with E-state index in [0.717, 1.165) is 32.1 Å². The standard InChI is InChI=1S/C13H23NO3/c1-10(2)8-11(15)14-13(9-12(16)17)6-4-3-5-7-13/h10H,3-9H2,1-2H3,(H,14,15)(H,16,17). The van der Waals surface area contributed by atoms with Gasteiger partial charge in [0.25, 0.3) is 0 Å². The zero-order valence-corrected chi connectivity index (χ0v) is 10.8. The van der Waals surface area contributed by atoms with Crippen LogP contribution in [-0.4, -0.2) is 22.5 Å². The van der Waals surface area contributed by atoms with Crippen LogP contribution in [0.4, 0.5) is 0 Å². The molecule has 17 heavy (non-hydrogen) atoms. The van der Waals surface area contributed by atoms with Gasteiger partial charge in [0.05, 0.1) is 12.0 Å². The molecule has 0 aromatic heterocycles. The van der Waals surface area contributed by atoms with Gasteiger partial charge in [0.1, 0.15) is 0 Å². The maximum Gasteiger partial charge on any atom is 0.305 e. The SMILES string of the molecule is CC(C)CC(=O)NC1(CC(=O)O)CCCCC1. The van der Waals surface area contributed by atoms with E-state index in [9.17, 15) is 9.59 Å². The highest BCUT2D eigenvalue weighted by Crippen LogP contribution is 2.31. The summed E-state index contributed by atoms with van der Waals surface area (Å²) in [5.41, 5.74) is -0.490. The Labute approximate surface area is 103 Å². The Hall–Kier alpha value is -1.06. The molecule has 0 bridgehead atoms. The number of carbonyl (C=O) groups excluding carboxylic acids is 1. The van der Waals surface area contributed by atoms with Crippen LogP contribution in [0.25, 0.3) is 0 Å². The number of carboxylic acids is 1. The Bertz CT molecular complexity index is 280. The van der Waals surface area contributed by atoms with Gasteiger partial charge in [-0.1, -0.05) is 33.1 Å². The molecule has 2 N–H and O–H groups in total. The summed E-state index contributed by atoms with van der Waals surface area (Å²) in [7, 11) is 0. The summed E-state index contributed by atoms with van der Waals surface area (Å²) in [5.74, 6) is -0.527. The van der Waals surface area contributed by atoms with Gasteiger partial charge < -0.3 is 10.4 Å². The third kappa shape index (κ3) is 4.75. The van der Waals surface area contributed by atoms with Crippen LogP contribution in [0.2, 0.25) is 0 Å². The van der Waals surface area contributed by atoms with E-state index in [1.165, 1.54) is 0 Å². The van der Waals surface area contributed by atoms with E-state index in [4.69, 9.17) is 5.11 Å². The van der Waals surface area contributed by atoms with Crippen molar-refractivity contribution >= 4 is 11.9 Å². The Balaban J connectivity index is 2.62. The molecule has 0 saturated heterocycles. The lowest BCUT2D eigenvalue weighted by Crippen LogP contribution is -2.51. The van der Waals surface area contributed by atoms with Crippen molar-refractivity contribution in [3.05, 3.63) is 0 Å². The average molecular weight is 241 g/mol. The highest BCUT2D eigenvalue weighted by molar-refractivity contribution is 5.78. The molecule has 1 fully saturated rings. The fourth-order valence-corrected chi connectivity index (χ4v) is 2.58. The van der Waals surface area contributed by atoms with Gasteiger partial charge in [-0.05, 0) is 18.8 Å². The summed E-state index contributed by atoms with van der Waals surface area (Å²) >= 11 is 0. The first-order chi connectivity index (χ1) is 7.93. The molecule has 0 heterocycles. The molecule has 0 atom stereocenters. The number of carbonyl (C=O) groups is 2. The fourth-order valence-electron chi connectivity index (χ4n) is 2.58. The highest BCUT2D eigenvalue weighted by Gasteiger charge is 2.35. The van der Waals surface area contributed by atoms with Crippen molar-refractivity contribution in [2.75, 3.05) is 0 Å². The smallest absolute Gasteiger partial charge is 0.305 e. The lowest BCUT2D eigenvalue weighted by atomic mass is 9.79. The molecule has 98 valence electrons. The molecule has 4 nitrogen and oxygen atoms in total. The minimum atomic E-state index is -0.822. The lowest BCUT2D eigenvalue weighted by Gasteiger charge is -2.37. The molecule has 0 unspecified atom stereocenters. The second-order valence-corrected chi connectivity index (χ2v) is 5.56. The number of nitrogens with one attached hydrogen (secondary N) is 1. The zero-order valence-electron chi connectivity index (χ0n) is 10.8. The summed E-state index contributed by atoms with van der Waals surface area (Å²) in [6, 6.07) is 0. The summed E-state index contributed by atoms with van der Waals surface area (Å²) in [6.45, 7) is 3.98. The second kappa shape index (κ2) is 6.03. The monoisotopic (exact) mass is 241 g/mol. The topological polar surface area (TPSA) is 66.4 Å². The molecular formula is C13H23NO3. The van der Waals surface area contributed by atoms with Crippen LogP contribution in [-0.2, 0) is 9.59 Å². The van der Waals surface area contributed by atoms with Crippen molar-refractivity contribution in [1.29, 1.82) is 0 Å². The Kier molecular flexibility index (Phi) is 4.97. The normalized spacial score (nSPS) is 19.0. The predicted molar refractivity (Wildman–Crippen MR) is 65.7 cm³/mol. The average Bonchev–Trinajstić information content (AvgIpc) is 2.15. The van der Waals surface area contributed by atoms with Gasteiger partial charge in [0.2, 0.25) is 5.91 Å². The number of hydrogen-bond acceptors (Lipinski definition) is 2. The van der Waals surface area contributed by atoms with Crippen molar-refractivity contribution in [3.8, 4) is 0 Å². The second-order valence-electron chi connectivity index (χ2n) is 5.56. The third-order valence-electron chi connectivity index (χ3n) is 3.30. The van der Waals surface area contributed by atoms with E-state index in [1.807, 2.05) is 13.8 Å². The molecule has 1 rings (SSSR count). The van der Waals surface area contributed by atoms with Crippen molar-refractivity contribution in [2.45, 2.75) is 64.3 Å². The maximum absolute atomic E-state index is 11.8. The Morgan fingerprint density at radius 3 is 2.29 bits per heavy atom. The van der Waals surface area contributed by atoms with E-state index >= 15 is 0 Å². The maximum atomic E-state index is 11.8. The highest BCUT2D eigenvalue weighted by atomic mass is 16.4. The van der Waals surface area contributed by atoms with Crippen LogP contribution < -0.4 is 5.32 Å². The Morgan fingerprint density at radius 1 is 1.24 bits per heavy atom. The number of rotatable bonds is 5.